The molecule has 17 heavy (non-hydrogen) atoms. The van der Waals surface area contributed by atoms with Crippen LogP contribution in [0.5, 0.6) is 0 Å². The van der Waals surface area contributed by atoms with E-state index in [9.17, 15) is 5.11 Å². The van der Waals surface area contributed by atoms with Gasteiger partial charge in [0.15, 0.2) is 0 Å². The molecule has 2 nitrogen and oxygen atoms in total. The van der Waals surface area contributed by atoms with Gasteiger partial charge in [-0.1, -0.05) is 44.9 Å². The van der Waals surface area contributed by atoms with E-state index in [2.05, 4.69) is 5.32 Å². The number of rotatable bonds is 5. The molecule has 100 valence electrons. The Morgan fingerprint density at radius 2 is 1.59 bits per heavy atom. The molecule has 0 amide bonds. The maximum absolute atomic E-state index is 9.37. The molecule has 0 heterocycles. The zero-order valence-electron chi connectivity index (χ0n) is 11.2. The van der Waals surface area contributed by atoms with Crippen LogP contribution in [0.25, 0.3) is 0 Å². The zero-order chi connectivity index (χ0) is 11.9. The van der Waals surface area contributed by atoms with Crippen molar-refractivity contribution in [1.82, 2.24) is 5.32 Å². The lowest BCUT2D eigenvalue weighted by molar-refractivity contribution is 0.151. The van der Waals surface area contributed by atoms with Crippen LogP contribution in [0.1, 0.15) is 64.2 Å². The van der Waals surface area contributed by atoms with Gasteiger partial charge in [0.2, 0.25) is 0 Å². The molecule has 2 atom stereocenters. The molecule has 2 unspecified atom stereocenters. The summed E-state index contributed by atoms with van der Waals surface area (Å²) in [6.07, 6.45) is 13.8. The van der Waals surface area contributed by atoms with E-state index in [0.717, 1.165) is 5.92 Å². The van der Waals surface area contributed by atoms with Gasteiger partial charge in [-0.15, -0.1) is 0 Å². The van der Waals surface area contributed by atoms with Gasteiger partial charge in [-0.25, -0.2) is 0 Å². The largest absolute Gasteiger partial charge is 0.396 e. The van der Waals surface area contributed by atoms with E-state index in [0.29, 0.717) is 18.6 Å². The fourth-order valence-corrected chi connectivity index (χ4v) is 3.64. The fraction of sp³-hybridized carbons (Fsp3) is 1.00. The summed E-state index contributed by atoms with van der Waals surface area (Å²) < 4.78 is 0. The molecule has 2 heteroatoms. The van der Waals surface area contributed by atoms with Gasteiger partial charge >= 0.3 is 0 Å². The van der Waals surface area contributed by atoms with E-state index in [1.165, 1.54) is 70.8 Å². The first-order chi connectivity index (χ1) is 8.40. The predicted molar refractivity (Wildman–Crippen MR) is 72.0 cm³/mol. The highest BCUT2D eigenvalue weighted by Crippen LogP contribution is 2.27. The van der Waals surface area contributed by atoms with Gasteiger partial charge in [0.1, 0.15) is 0 Å². The first-order valence-corrected chi connectivity index (χ1v) is 7.74. The molecule has 0 aromatic rings. The molecule has 0 bridgehead atoms. The number of nitrogens with one attached hydrogen (secondary N) is 1. The minimum absolute atomic E-state index is 0.376. The molecule has 2 aliphatic rings. The van der Waals surface area contributed by atoms with Crippen molar-refractivity contribution in [3.63, 3.8) is 0 Å². The van der Waals surface area contributed by atoms with E-state index in [1.807, 2.05) is 0 Å². The minimum Gasteiger partial charge on any atom is -0.396 e. The summed E-state index contributed by atoms with van der Waals surface area (Å²) in [5.74, 6) is 1.50. The van der Waals surface area contributed by atoms with Crippen molar-refractivity contribution in [2.24, 2.45) is 11.8 Å². The van der Waals surface area contributed by atoms with Crippen molar-refractivity contribution in [1.29, 1.82) is 0 Å². The zero-order valence-corrected chi connectivity index (χ0v) is 11.2. The van der Waals surface area contributed by atoms with Crippen LogP contribution in [0.15, 0.2) is 0 Å². The Bertz CT molecular complexity index is 201. The van der Waals surface area contributed by atoms with Crippen LogP contribution in [0.4, 0.5) is 0 Å². The Labute approximate surface area is 106 Å². The van der Waals surface area contributed by atoms with Gasteiger partial charge < -0.3 is 10.4 Å². The predicted octanol–water partition coefficient (Wildman–Crippen LogP) is 3.10. The van der Waals surface area contributed by atoms with Gasteiger partial charge in [-0.05, 0) is 37.6 Å². The molecular weight excluding hydrogens is 210 g/mol. The summed E-state index contributed by atoms with van der Waals surface area (Å²) in [4.78, 5) is 0. The second kappa shape index (κ2) is 7.38. The van der Waals surface area contributed by atoms with Crippen molar-refractivity contribution in [2.75, 3.05) is 13.2 Å². The van der Waals surface area contributed by atoms with Gasteiger partial charge in [0.05, 0.1) is 0 Å². The van der Waals surface area contributed by atoms with Crippen molar-refractivity contribution in [2.45, 2.75) is 70.3 Å². The summed E-state index contributed by atoms with van der Waals surface area (Å²) in [5.41, 5.74) is 0. The molecule has 2 saturated carbocycles. The highest BCUT2D eigenvalue weighted by atomic mass is 16.3. The van der Waals surface area contributed by atoms with Crippen LogP contribution in [-0.4, -0.2) is 24.3 Å². The van der Waals surface area contributed by atoms with Crippen LogP contribution in [0, 0.1) is 11.8 Å². The number of aliphatic hydroxyl groups excluding tert-OH is 1. The Morgan fingerprint density at radius 3 is 2.35 bits per heavy atom. The first-order valence-electron chi connectivity index (χ1n) is 7.74. The van der Waals surface area contributed by atoms with Crippen LogP contribution in [0.2, 0.25) is 0 Å². The van der Waals surface area contributed by atoms with E-state index in [1.54, 1.807) is 0 Å². The Morgan fingerprint density at radius 1 is 0.882 bits per heavy atom. The molecule has 0 aromatic carbocycles. The Balaban J connectivity index is 1.62. The van der Waals surface area contributed by atoms with E-state index in [4.69, 9.17) is 0 Å². The molecule has 0 saturated heterocycles. The lowest BCUT2D eigenvalue weighted by atomic mass is 9.84. The lowest BCUT2D eigenvalue weighted by Crippen LogP contribution is -2.41. The maximum Gasteiger partial charge on any atom is 0.0474 e. The summed E-state index contributed by atoms with van der Waals surface area (Å²) in [5, 5.41) is 13.1. The molecule has 0 aromatic heterocycles. The van der Waals surface area contributed by atoms with E-state index >= 15 is 0 Å². The van der Waals surface area contributed by atoms with Gasteiger partial charge in [0.25, 0.3) is 0 Å². The van der Waals surface area contributed by atoms with Gasteiger partial charge in [0, 0.05) is 12.6 Å². The van der Waals surface area contributed by atoms with Crippen molar-refractivity contribution in [3.8, 4) is 0 Å². The number of hydrogen-bond donors (Lipinski definition) is 2. The molecule has 0 aliphatic heterocycles. The number of hydrogen-bond acceptors (Lipinski definition) is 2. The second-order valence-corrected chi connectivity index (χ2v) is 6.08. The maximum atomic E-state index is 9.37. The van der Waals surface area contributed by atoms with Gasteiger partial charge in [-0.3, -0.25) is 0 Å². The minimum atomic E-state index is 0.376. The topological polar surface area (TPSA) is 32.3 Å². The molecular formula is C15H29NO. The normalized spacial score (nSPS) is 31.6. The third-order valence-corrected chi connectivity index (χ3v) is 4.83. The first kappa shape index (κ1) is 13.4. The third-order valence-electron chi connectivity index (χ3n) is 4.83. The molecule has 2 aliphatic carbocycles. The smallest absolute Gasteiger partial charge is 0.0474 e. The van der Waals surface area contributed by atoms with Gasteiger partial charge in [-0.2, -0.15) is 0 Å². The average Bonchev–Trinajstić information content (AvgIpc) is 2.40. The lowest BCUT2D eigenvalue weighted by Gasteiger charge is -2.32. The molecule has 0 radical (unpaired) electrons. The highest BCUT2D eigenvalue weighted by molar-refractivity contribution is 4.80. The number of aliphatic hydroxyl groups is 1. The standard InChI is InChI=1S/C15H29NO/c17-12-14-8-4-5-9-15(14)16-11-10-13-6-2-1-3-7-13/h13-17H,1-12H2. The summed E-state index contributed by atoms with van der Waals surface area (Å²) >= 11 is 0. The van der Waals surface area contributed by atoms with Crippen LogP contribution in [-0.2, 0) is 0 Å². The molecule has 2 fully saturated rings. The quantitative estimate of drug-likeness (QED) is 0.772. The third kappa shape index (κ3) is 4.26. The molecule has 2 N–H and O–H groups in total. The van der Waals surface area contributed by atoms with E-state index in [-0.39, 0.29) is 0 Å². The summed E-state index contributed by atoms with van der Waals surface area (Å²) in [6, 6.07) is 0.595. The van der Waals surface area contributed by atoms with Crippen LogP contribution >= 0.6 is 0 Å². The monoisotopic (exact) mass is 239 g/mol. The van der Waals surface area contributed by atoms with Crippen LogP contribution < -0.4 is 5.32 Å². The summed E-state index contributed by atoms with van der Waals surface area (Å²) in [6.45, 7) is 1.55. The SMILES string of the molecule is OCC1CCCCC1NCCC1CCCCC1. The fourth-order valence-electron chi connectivity index (χ4n) is 3.64. The van der Waals surface area contributed by atoms with Crippen molar-refractivity contribution < 1.29 is 5.11 Å². The van der Waals surface area contributed by atoms with E-state index < -0.39 is 0 Å². The highest BCUT2D eigenvalue weighted by Gasteiger charge is 2.24. The van der Waals surface area contributed by atoms with Crippen LogP contribution in [0.3, 0.4) is 0 Å². The summed E-state index contributed by atoms with van der Waals surface area (Å²) in [7, 11) is 0. The molecule has 2 rings (SSSR count). The second-order valence-electron chi connectivity index (χ2n) is 6.08. The van der Waals surface area contributed by atoms with Crippen molar-refractivity contribution >= 4 is 0 Å². The van der Waals surface area contributed by atoms with Crippen molar-refractivity contribution in [3.05, 3.63) is 0 Å². The Hall–Kier alpha value is -0.0800. The molecule has 0 spiro atoms. The Kier molecular flexibility index (Phi) is 5.79. The average molecular weight is 239 g/mol.